The van der Waals surface area contributed by atoms with Gasteiger partial charge in [-0.1, -0.05) is 29.8 Å². The molecule has 0 atom stereocenters. The van der Waals surface area contributed by atoms with Crippen LogP contribution in [0.15, 0.2) is 42.5 Å². The lowest BCUT2D eigenvalue weighted by atomic mass is 10.1. The number of carbonyl (C=O) groups excluding carboxylic acids is 1. The molecular formula is C14H13ClN2O2. The van der Waals surface area contributed by atoms with Gasteiger partial charge in [-0.3, -0.25) is 4.79 Å². The molecule has 0 unspecified atom stereocenters. The van der Waals surface area contributed by atoms with Crippen molar-refractivity contribution in [1.29, 1.82) is 0 Å². The van der Waals surface area contributed by atoms with Gasteiger partial charge in [-0.2, -0.15) is 0 Å². The van der Waals surface area contributed by atoms with Gasteiger partial charge in [-0.25, -0.2) is 0 Å². The number of hydrogen-bond acceptors (Lipinski definition) is 3. The van der Waals surface area contributed by atoms with Crippen LogP contribution in [-0.4, -0.2) is 5.91 Å². The van der Waals surface area contributed by atoms with Crippen molar-refractivity contribution in [3.63, 3.8) is 0 Å². The Hall–Kier alpha value is -2.20. The molecule has 0 spiro atoms. The molecule has 2 aromatic carbocycles. The van der Waals surface area contributed by atoms with Crippen molar-refractivity contribution in [1.82, 2.24) is 0 Å². The fourth-order valence-electron chi connectivity index (χ4n) is 1.63. The number of nitrogen functional groups attached to an aromatic ring is 1. The number of halogens is 1. The average molecular weight is 277 g/mol. The first-order valence-electron chi connectivity index (χ1n) is 5.63. The van der Waals surface area contributed by atoms with Crippen LogP contribution in [0, 0.1) is 0 Å². The summed E-state index contributed by atoms with van der Waals surface area (Å²) < 4.78 is 5.58. The maximum atomic E-state index is 11.2. The summed E-state index contributed by atoms with van der Waals surface area (Å²) in [5.74, 6) is -0.138. The Kier molecular flexibility index (Phi) is 3.92. The Morgan fingerprint density at radius 1 is 1.16 bits per heavy atom. The Labute approximate surface area is 115 Å². The molecule has 98 valence electrons. The molecule has 0 heterocycles. The fraction of sp³-hybridized carbons (Fsp3) is 0.0714. The zero-order valence-corrected chi connectivity index (χ0v) is 10.9. The SMILES string of the molecule is NC(=O)c1cccc(OCc2ccc(Cl)cc2)c1N. The summed E-state index contributed by atoms with van der Waals surface area (Å²) in [6, 6.07) is 12.2. The van der Waals surface area contributed by atoms with E-state index in [-0.39, 0.29) is 11.3 Å². The van der Waals surface area contributed by atoms with Crippen molar-refractivity contribution in [2.24, 2.45) is 5.73 Å². The van der Waals surface area contributed by atoms with E-state index < -0.39 is 5.91 Å². The molecule has 0 aliphatic rings. The van der Waals surface area contributed by atoms with Crippen molar-refractivity contribution in [3.8, 4) is 5.75 Å². The second-order valence-corrected chi connectivity index (χ2v) is 4.43. The third kappa shape index (κ3) is 3.17. The van der Waals surface area contributed by atoms with Crippen LogP contribution < -0.4 is 16.2 Å². The Bertz CT molecular complexity index is 597. The summed E-state index contributed by atoms with van der Waals surface area (Å²) in [5.41, 5.74) is 12.5. The highest BCUT2D eigenvalue weighted by Crippen LogP contribution is 2.25. The highest BCUT2D eigenvalue weighted by atomic mass is 35.5. The van der Waals surface area contributed by atoms with E-state index in [2.05, 4.69) is 0 Å². The molecule has 1 amide bonds. The predicted octanol–water partition coefficient (Wildman–Crippen LogP) is 2.60. The molecule has 0 aliphatic heterocycles. The molecule has 0 radical (unpaired) electrons. The molecule has 5 heteroatoms. The van der Waals surface area contributed by atoms with Crippen LogP contribution in [0.4, 0.5) is 5.69 Å². The average Bonchev–Trinajstić information content (AvgIpc) is 2.39. The fourth-order valence-corrected chi connectivity index (χ4v) is 1.75. The van der Waals surface area contributed by atoms with E-state index in [1.165, 1.54) is 0 Å². The standard InChI is InChI=1S/C14H13ClN2O2/c15-10-6-4-9(5-7-10)8-19-12-3-1-2-11(13(12)16)14(17)18/h1-7H,8,16H2,(H2,17,18). The van der Waals surface area contributed by atoms with Crippen LogP contribution in [0.25, 0.3) is 0 Å². The molecule has 2 rings (SSSR count). The molecule has 0 bridgehead atoms. The van der Waals surface area contributed by atoms with Crippen LogP contribution >= 0.6 is 11.6 Å². The Morgan fingerprint density at radius 3 is 2.47 bits per heavy atom. The molecule has 4 nitrogen and oxygen atoms in total. The third-order valence-electron chi connectivity index (χ3n) is 2.64. The quantitative estimate of drug-likeness (QED) is 0.843. The van der Waals surface area contributed by atoms with Gasteiger partial charge in [-0.05, 0) is 29.8 Å². The molecule has 0 saturated carbocycles. The second-order valence-electron chi connectivity index (χ2n) is 4.00. The van der Waals surface area contributed by atoms with E-state index in [4.69, 9.17) is 27.8 Å². The normalized spacial score (nSPS) is 10.2. The summed E-state index contributed by atoms with van der Waals surface area (Å²) in [7, 11) is 0. The van der Waals surface area contributed by atoms with Gasteiger partial charge >= 0.3 is 0 Å². The van der Waals surface area contributed by atoms with Gasteiger partial charge in [0, 0.05) is 5.02 Å². The van der Waals surface area contributed by atoms with E-state index in [0.717, 1.165) is 5.56 Å². The van der Waals surface area contributed by atoms with Crippen molar-refractivity contribution in [2.75, 3.05) is 5.73 Å². The number of anilines is 1. The Balaban J connectivity index is 2.13. The molecular weight excluding hydrogens is 264 g/mol. The van der Waals surface area contributed by atoms with Gasteiger partial charge in [-0.15, -0.1) is 0 Å². The summed E-state index contributed by atoms with van der Waals surface area (Å²) >= 11 is 5.80. The van der Waals surface area contributed by atoms with Crippen LogP contribution in [0.3, 0.4) is 0 Å². The lowest BCUT2D eigenvalue weighted by Gasteiger charge is -2.11. The van der Waals surface area contributed by atoms with Crippen LogP contribution in [0.1, 0.15) is 15.9 Å². The minimum Gasteiger partial charge on any atom is -0.487 e. The second kappa shape index (κ2) is 5.63. The van der Waals surface area contributed by atoms with Gasteiger partial charge in [0.25, 0.3) is 5.91 Å². The van der Waals surface area contributed by atoms with E-state index in [1.807, 2.05) is 12.1 Å². The zero-order valence-electron chi connectivity index (χ0n) is 10.1. The molecule has 2 aromatic rings. The zero-order chi connectivity index (χ0) is 13.8. The number of amides is 1. The number of ether oxygens (including phenoxy) is 1. The van der Waals surface area contributed by atoms with Crippen molar-refractivity contribution in [2.45, 2.75) is 6.61 Å². The number of rotatable bonds is 4. The topological polar surface area (TPSA) is 78.3 Å². The van der Waals surface area contributed by atoms with E-state index in [1.54, 1.807) is 30.3 Å². The van der Waals surface area contributed by atoms with Gasteiger partial charge in [0.05, 0.1) is 11.3 Å². The lowest BCUT2D eigenvalue weighted by Crippen LogP contribution is -2.14. The molecule has 19 heavy (non-hydrogen) atoms. The number of benzene rings is 2. The molecule has 0 aromatic heterocycles. The van der Waals surface area contributed by atoms with Gasteiger partial charge in [0.15, 0.2) is 0 Å². The van der Waals surface area contributed by atoms with E-state index >= 15 is 0 Å². The first-order valence-corrected chi connectivity index (χ1v) is 6.01. The van der Waals surface area contributed by atoms with Gasteiger partial charge < -0.3 is 16.2 Å². The van der Waals surface area contributed by atoms with E-state index in [0.29, 0.717) is 17.4 Å². The maximum Gasteiger partial charge on any atom is 0.250 e. The summed E-state index contributed by atoms with van der Waals surface area (Å²) in [6.07, 6.45) is 0. The number of carbonyl (C=O) groups is 1. The van der Waals surface area contributed by atoms with Crippen LogP contribution in [-0.2, 0) is 6.61 Å². The summed E-state index contributed by atoms with van der Waals surface area (Å²) in [4.78, 5) is 11.2. The number of para-hydroxylation sites is 1. The van der Waals surface area contributed by atoms with E-state index in [9.17, 15) is 4.79 Å². The number of primary amides is 1. The highest BCUT2D eigenvalue weighted by molar-refractivity contribution is 6.30. The van der Waals surface area contributed by atoms with Gasteiger partial charge in [0.1, 0.15) is 12.4 Å². The van der Waals surface area contributed by atoms with Crippen molar-refractivity contribution >= 4 is 23.2 Å². The number of nitrogens with two attached hydrogens (primary N) is 2. The minimum absolute atomic E-state index is 0.254. The number of hydrogen-bond donors (Lipinski definition) is 2. The summed E-state index contributed by atoms with van der Waals surface area (Å²) in [5, 5.41) is 0.666. The molecule has 0 fully saturated rings. The molecule has 0 aliphatic carbocycles. The van der Waals surface area contributed by atoms with Crippen LogP contribution in [0.5, 0.6) is 5.75 Å². The first kappa shape index (κ1) is 13.2. The van der Waals surface area contributed by atoms with Crippen LogP contribution in [0.2, 0.25) is 5.02 Å². The smallest absolute Gasteiger partial charge is 0.250 e. The Morgan fingerprint density at radius 2 is 1.84 bits per heavy atom. The maximum absolute atomic E-state index is 11.2. The monoisotopic (exact) mass is 276 g/mol. The van der Waals surface area contributed by atoms with Crippen molar-refractivity contribution < 1.29 is 9.53 Å². The highest BCUT2D eigenvalue weighted by Gasteiger charge is 2.10. The minimum atomic E-state index is -0.575. The summed E-state index contributed by atoms with van der Waals surface area (Å²) in [6.45, 7) is 0.337. The molecule has 4 N–H and O–H groups in total. The third-order valence-corrected chi connectivity index (χ3v) is 2.89. The largest absolute Gasteiger partial charge is 0.487 e. The predicted molar refractivity (Wildman–Crippen MR) is 75.2 cm³/mol. The van der Waals surface area contributed by atoms with Gasteiger partial charge in [0.2, 0.25) is 0 Å². The first-order chi connectivity index (χ1) is 9.08. The molecule has 0 saturated heterocycles. The lowest BCUT2D eigenvalue weighted by molar-refractivity contribution is 0.100. The van der Waals surface area contributed by atoms with Crippen molar-refractivity contribution in [3.05, 3.63) is 58.6 Å².